The van der Waals surface area contributed by atoms with Crippen molar-refractivity contribution in [2.75, 3.05) is 0 Å². The van der Waals surface area contributed by atoms with Crippen LogP contribution in [0.25, 0.3) is 0 Å². The minimum atomic E-state index is -1.58. The second-order valence-corrected chi connectivity index (χ2v) is 10.6. The lowest BCUT2D eigenvalue weighted by molar-refractivity contribution is 0.221. The molecule has 0 radical (unpaired) electrons. The standard InChI is InChI=1S/C11H23IOSi/c1-7-10(8-9-12)13-14(5,6)11(2,3)4/h8-10H,7H2,1-6H3/b9-8+. The van der Waals surface area contributed by atoms with E-state index in [2.05, 4.69) is 73.5 Å². The number of halogens is 1. The molecule has 0 aliphatic heterocycles. The van der Waals surface area contributed by atoms with Crippen LogP contribution in [0.2, 0.25) is 18.1 Å². The predicted molar refractivity (Wildman–Crippen MR) is 75.5 cm³/mol. The maximum absolute atomic E-state index is 6.24. The molecule has 0 bridgehead atoms. The van der Waals surface area contributed by atoms with Crippen molar-refractivity contribution in [3.8, 4) is 0 Å². The van der Waals surface area contributed by atoms with Gasteiger partial charge in [0.25, 0.3) is 0 Å². The molecule has 0 rings (SSSR count). The average molecular weight is 326 g/mol. The van der Waals surface area contributed by atoms with E-state index in [1.54, 1.807) is 0 Å². The van der Waals surface area contributed by atoms with Gasteiger partial charge in [0.2, 0.25) is 0 Å². The van der Waals surface area contributed by atoms with Crippen molar-refractivity contribution in [3.63, 3.8) is 0 Å². The summed E-state index contributed by atoms with van der Waals surface area (Å²) < 4.78 is 8.29. The van der Waals surface area contributed by atoms with Gasteiger partial charge >= 0.3 is 0 Å². The molecule has 1 atom stereocenters. The van der Waals surface area contributed by atoms with Crippen LogP contribution in [0.5, 0.6) is 0 Å². The molecular formula is C11H23IOSi. The zero-order valence-electron chi connectivity index (χ0n) is 10.2. The van der Waals surface area contributed by atoms with Crippen LogP contribution in [-0.2, 0) is 4.43 Å². The fraction of sp³-hybridized carbons (Fsp3) is 0.818. The Bertz CT molecular complexity index is 194. The molecule has 0 heterocycles. The molecule has 0 amide bonds. The molecule has 0 saturated carbocycles. The molecule has 0 aromatic rings. The number of hydrogen-bond acceptors (Lipinski definition) is 1. The van der Waals surface area contributed by atoms with Crippen LogP contribution >= 0.6 is 22.6 Å². The van der Waals surface area contributed by atoms with Crippen LogP contribution in [-0.4, -0.2) is 14.4 Å². The van der Waals surface area contributed by atoms with Crippen LogP contribution in [0.4, 0.5) is 0 Å². The minimum absolute atomic E-state index is 0.299. The van der Waals surface area contributed by atoms with Gasteiger partial charge in [0.15, 0.2) is 8.32 Å². The molecule has 0 N–H and O–H groups in total. The quantitative estimate of drug-likeness (QED) is 0.536. The zero-order chi connectivity index (χ0) is 11.4. The summed E-state index contributed by atoms with van der Waals surface area (Å²) in [5, 5.41) is 0.305. The molecule has 0 spiro atoms. The number of rotatable bonds is 4. The fourth-order valence-electron chi connectivity index (χ4n) is 0.895. The monoisotopic (exact) mass is 326 g/mol. The first-order chi connectivity index (χ1) is 6.24. The van der Waals surface area contributed by atoms with Crippen molar-refractivity contribution in [1.29, 1.82) is 0 Å². The van der Waals surface area contributed by atoms with Crippen molar-refractivity contribution in [2.24, 2.45) is 0 Å². The molecule has 1 unspecified atom stereocenters. The lowest BCUT2D eigenvalue weighted by Crippen LogP contribution is -2.43. The molecule has 0 fully saturated rings. The minimum Gasteiger partial charge on any atom is -0.411 e. The SMILES string of the molecule is CCC(/C=C/I)O[Si](C)(C)C(C)(C)C. The molecule has 0 aromatic heterocycles. The van der Waals surface area contributed by atoms with E-state index in [1.165, 1.54) is 0 Å². The summed E-state index contributed by atoms with van der Waals surface area (Å²) in [7, 11) is -1.58. The summed E-state index contributed by atoms with van der Waals surface area (Å²) in [5.41, 5.74) is 0. The lowest BCUT2D eigenvalue weighted by Gasteiger charge is -2.38. The van der Waals surface area contributed by atoms with Gasteiger partial charge in [-0.05, 0) is 28.6 Å². The average Bonchev–Trinajstić information content (AvgIpc) is 2.01. The van der Waals surface area contributed by atoms with Gasteiger partial charge in [0, 0.05) is 0 Å². The van der Waals surface area contributed by atoms with Gasteiger partial charge in [-0.3, -0.25) is 0 Å². The van der Waals surface area contributed by atoms with E-state index in [0.29, 0.717) is 11.1 Å². The zero-order valence-corrected chi connectivity index (χ0v) is 13.4. The molecule has 14 heavy (non-hydrogen) atoms. The van der Waals surface area contributed by atoms with Gasteiger partial charge in [0.1, 0.15) is 0 Å². The first-order valence-electron chi connectivity index (χ1n) is 5.19. The Hall–Kier alpha value is 0.647. The molecule has 0 aliphatic rings. The van der Waals surface area contributed by atoms with Crippen LogP contribution in [0.3, 0.4) is 0 Å². The Morgan fingerprint density at radius 2 is 1.86 bits per heavy atom. The van der Waals surface area contributed by atoms with Crippen molar-refractivity contribution in [3.05, 3.63) is 10.2 Å². The van der Waals surface area contributed by atoms with Gasteiger partial charge in [-0.2, -0.15) is 0 Å². The summed E-state index contributed by atoms with van der Waals surface area (Å²) in [6, 6.07) is 0. The van der Waals surface area contributed by atoms with Crippen LogP contribution in [0.1, 0.15) is 34.1 Å². The Labute approximate surface area is 104 Å². The van der Waals surface area contributed by atoms with E-state index in [0.717, 1.165) is 6.42 Å². The molecule has 3 heteroatoms. The summed E-state index contributed by atoms with van der Waals surface area (Å²) in [4.78, 5) is 0. The summed E-state index contributed by atoms with van der Waals surface area (Å²) in [5.74, 6) is 0. The highest BCUT2D eigenvalue weighted by molar-refractivity contribution is 14.1. The topological polar surface area (TPSA) is 9.23 Å². The predicted octanol–water partition coefficient (Wildman–Crippen LogP) is 4.74. The van der Waals surface area contributed by atoms with Crippen molar-refractivity contribution in [1.82, 2.24) is 0 Å². The second kappa shape index (κ2) is 5.65. The van der Waals surface area contributed by atoms with Crippen LogP contribution in [0, 0.1) is 0 Å². The molecule has 1 nitrogen and oxygen atoms in total. The third kappa shape index (κ3) is 4.44. The summed E-state index contributed by atoms with van der Waals surface area (Å²) in [6.45, 7) is 13.6. The largest absolute Gasteiger partial charge is 0.411 e. The molecule has 0 aromatic carbocycles. The lowest BCUT2D eigenvalue weighted by atomic mass is 10.2. The van der Waals surface area contributed by atoms with Gasteiger partial charge in [0.05, 0.1) is 6.10 Å². The first-order valence-corrected chi connectivity index (χ1v) is 9.34. The highest BCUT2D eigenvalue weighted by Gasteiger charge is 2.38. The van der Waals surface area contributed by atoms with Crippen molar-refractivity contribution >= 4 is 30.9 Å². The Kier molecular flexibility index (Phi) is 5.92. The van der Waals surface area contributed by atoms with E-state index < -0.39 is 8.32 Å². The highest BCUT2D eigenvalue weighted by Crippen LogP contribution is 2.37. The summed E-state index contributed by atoms with van der Waals surface area (Å²) >= 11 is 2.25. The van der Waals surface area contributed by atoms with Crippen molar-refractivity contribution in [2.45, 2.75) is 58.4 Å². The van der Waals surface area contributed by atoms with Crippen LogP contribution < -0.4 is 0 Å². The third-order valence-electron chi connectivity index (χ3n) is 2.94. The highest BCUT2D eigenvalue weighted by atomic mass is 127. The normalized spacial score (nSPS) is 16.2. The van der Waals surface area contributed by atoms with Gasteiger partial charge < -0.3 is 4.43 Å². The second-order valence-electron chi connectivity index (χ2n) is 5.14. The van der Waals surface area contributed by atoms with Crippen LogP contribution in [0.15, 0.2) is 10.2 Å². The van der Waals surface area contributed by atoms with Gasteiger partial charge in [-0.25, -0.2) is 0 Å². The third-order valence-corrected chi connectivity index (χ3v) is 7.86. The van der Waals surface area contributed by atoms with Gasteiger partial charge in [-0.1, -0.05) is 56.4 Å². The van der Waals surface area contributed by atoms with Crippen molar-refractivity contribution < 1.29 is 4.43 Å². The van der Waals surface area contributed by atoms with E-state index >= 15 is 0 Å². The smallest absolute Gasteiger partial charge is 0.192 e. The molecule has 0 saturated heterocycles. The van der Waals surface area contributed by atoms with E-state index in [-0.39, 0.29) is 0 Å². The fourth-order valence-corrected chi connectivity index (χ4v) is 2.71. The maximum Gasteiger partial charge on any atom is 0.192 e. The Balaban J connectivity index is 4.47. The van der Waals surface area contributed by atoms with E-state index in [4.69, 9.17) is 4.43 Å². The Morgan fingerprint density at radius 3 is 2.14 bits per heavy atom. The summed E-state index contributed by atoms with van der Waals surface area (Å²) in [6.07, 6.45) is 3.51. The van der Waals surface area contributed by atoms with E-state index in [9.17, 15) is 0 Å². The van der Waals surface area contributed by atoms with Gasteiger partial charge in [-0.15, -0.1) is 0 Å². The molecular weight excluding hydrogens is 303 g/mol. The number of hydrogen-bond donors (Lipinski definition) is 0. The first kappa shape index (κ1) is 14.6. The maximum atomic E-state index is 6.24. The molecule has 0 aliphatic carbocycles. The Morgan fingerprint density at radius 1 is 1.36 bits per heavy atom. The van der Waals surface area contributed by atoms with E-state index in [1.807, 2.05) is 0 Å². The molecule has 84 valence electrons.